The predicted octanol–water partition coefficient (Wildman–Crippen LogP) is 1.96. The first-order chi connectivity index (χ1) is 6.19. The molecule has 0 aliphatic heterocycles. The topological polar surface area (TPSA) is 44.0 Å². The maximum absolute atomic E-state index is 8.99. The van der Waals surface area contributed by atoms with Crippen LogP contribution < -0.4 is 0 Å². The van der Waals surface area contributed by atoms with Gasteiger partial charge in [0.15, 0.2) is 0 Å². The molecular formula is C11H13NO. The molecule has 1 unspecified atom stereocenters. The molecule has 2 nitrogen and oxygen atoms in total. The van der Waals surface area contributed by atoms with Crippen LogP contribution in [0.25, 0.3) is 0 Å². The molecule has 2 heteroatoms. The van der Waals surface area contributed by atoms with E-state index in [4.69, 9.17) is 10.4 Å². The molecule has 0 aliphatic carbocycles. The molecule has 1 aromatic carbocycles. The molecule has 0 spiro atoms. The second-order valence-corrected chi connectivity index (χ2v) is 3.27. The van der Waals surface area contributed by atoms with E-state index in [1.165, 1.54) is 0 Å². The fourth-order valence-electron chi connectivity index (χ4n) is 1.34. The summed E-state index contributed by atoms with van der Waals surface area (Å²) in [6.45, 7) is 4.06. The average molecular weight is 175 g/mol. The van der Waals surface area contributed by atoms with Gasteiger partial charge in [0.2, 0.25) is 0 Å². The minimum Gasteiger partial charge on any atom is -0.396 e. The van der Waals surface area contributed by atoms with Crippen molar-refractivity contribution in [2.75, 3.05) is 6.61 Å². The predicted molar refractivity (Wildman–Crippen MR) is 51.4 cm³/mol. The highest BCUT2D eigenvalue weighted by Crippen LogP contribution is 2.20. The first kappa shape index (κ1) is 9.76. The normalized spacial score (nSPS) is 12.2. The summed E-state index contributed by atoms with van der Waals surface area (Å²) in [5.41, 5.74) is 2.84. The van der Waals surface area contributed by atoms with Gasteiger partial charge in [0, 0.05) is 12.5 Å². The Bertz CT molecular complexity index is 338. The summed E-state index contributed by atoms with van der Waals surface area (Å²) in [5, 5.41) is 17.7. The Morgan fingerprint density at radius 2 is 2.23 bits per heavy atom. The fraction of sp³-hybridized carbons (Fsp3) is 0.364. The minimum atomic E-state index is 0.105. The molecular weight excluding hydrogens is 162 g/mol. The number of hydrogen-bond donors (Lipinski definition) is 1. The minimum absolute atomic E-state index is 0.105. The molecule has 1 atom stereocenters. The molecule has 1 rings (SSSR count). The molecule has 0 aliphatic rings. The van der Waals surface area contributed by atoms with E-state index in [2.05, 4.69) is 6.07 Å². The summed E-state index contributed by atoms with van der Waals surface area (Å²) in [6.07, 6.45) is 0. The van der Waals surface area contributed by atoms with Crippen LogP contribution in [-0.2, 0) is 0 Å². The molecule has 1 aromatic rings. The number of rotatable bonds is 2. The molecule has 0 fully saturated rings. The van der Waals surface area contributed by atoms with Gasteiger partial charge in [-0.15, -0.1) is 0 Å². The second-order valence-electron chi connectivity index (χ2n) is 3.27. The van der Waals surface area contributed by atoms with Crippen molar-refractivity contribution in [3.8, 4) is 6.07 Å². The number of benzene rings is 1. The van der Waals surface area contributed by atoms with Gasteiger partial charge in [-0.25, -0.2) is 0 Å². The Morgan fingerprint density at radius 3 is 2.77 bits per heavy atom. The van der Waals surface area contributed by atoms with Crippen LogP contribution in [0.1, 0.15) is 29.5 Å². The largest absolute Gasteiger partial charge is 0.396 e. The summed E-state index contributed by atoms with van der Waals surface area (Å²) >= 11 is 0. The first-order valence-corrected chi connectivity index (χ1v) is 4.30. The van der Waals surface area contributed by atoms with E-state index < -0.39 is 0 Å². The van der Waals surface area contributed by atoms with Gasteiger partial charge in [0.1, 0.15) is 0 Å². The summed E-state index contributed by atoms with van der Waals surface area (Å²) < 4.78 is 0. The van der Waals surface area contributed by atoms with Crippen molar-refractivity contribution < 1.29 is 5.11 Å². The van der Waals surface area contributed by atoms with Crippen LogP contribution in [0.15, 0.2) is 18.2 Å². The van der Waals surface area contributed by atoms with Gasteiger partial charge in [-0.1, -0.05) is 13.0 Å². The van der Waals surface area contributed by atoms with Crippen LogP contribution in [0.4, 0.5) is 0 Å². The number of nitriles is 1. The van der Waals surface area contributed by atoms with E-state index in [1.54, 1.807) is 6.07 Å². The van der Waals surface area contributed by atoms with E-state index in [-0.39, 0.29) is 12.5 Å². The molecule has 0 aromatic heterocycles. The van der Waals surface area contributed by atoms with Crippen molar-refractivity contribution in [2.45, 2.75) is 19.8 Å². The number of aryl methyl sites for hydroxylation is 1. The van der Waals surface area contributed by atoms with Crippen molar-refractivity contribution in [2.24, 2.45) is 0 Å². The maximum atomic E-state index is 8.99. The van der Waals surface area contributed by atoms with Gasteiger partial charge in [-0.3, -0.25) is 0 Å². The van der Waals surface area contributed by atoms with Gasteiger partial charge in [-0.2, -0.15) is 5.26 Å². The molecule has 0 bridgehead atoms. The van der Waals surface area contributed by atoms with Crippen molar-refractivity contribution >= 4 is 0 Å². The van der Waals surface area contributed by atoms with E-state index in [9.17, 15) is 0 Å². The highest BCUT2D eigenvalue weighted by atomic mass is 16.3. The lowest BCUT2D eigenvalue weighted by Crippen LogP contribution is -2.01. The maximum Gasteiger partial charge on any atom is 0.0991 e. The summed E-state index contributed by atoms with van der Waals surface area (Å²) in [7, 11) is 0. The highest BCUT2D eigenvalue weighted by Gasteiger charge is 2.07. The van der Waals surface area contributed by atoms with E-state index in [1.807, 2.05) is 26.0 Å². The van der Waals surface area contributed by atoms with E-state index in [0.717, 1.165) is 11.1 Å². The van der Waals surface area contributed by atoms with Gasteiger partial charge in [0.25, 0.3) is 0 Å². The Balaban J connectivity index is 3.12. The Kier molecular flexibility index (Phi) is 3.05. The summed E-state index contributed by atoms with van der Waals surface area (Å²) in [5.74, 6) is 0.105. The monoisotopic (exact) mass is 175 g/mol. The molecule has 68 valence electrons. The Labute approximate surface area is 78.4 Å². The molecule has 13 heavy (non-hydrogen) atoms. The Morgan fingerprint density at radius 1 is 1.54 bits per heavy atom. The average Bonchev–Trinajstić information content (AvgIpc) is 2.17. The third-order valence-corrected chi connectivity index (χ3v) is 2.21. The lowest BCUT2D eigenvalue weighted by Gasteiger charge is -2.11. The summed E-state index contributed by atoms with van der Waals surface area (Å²) in [4.78, 5) is 0. The van der Waals surface area contributed by atoms with Crippen LogP contribution in [0.2, 0.25) is 0 Å². The number of aliphatic hydroxyl groups is 1. The quantitative estimate of drug-likeness (QED) is 0.746. The molecule has 1 N–H and O–H groups in total. The lowest BCUT2D eigenvalue weighted by molar-refractivity contribution is 0.272. The zero-order chi connectivity index (χ0) is 9.84. The molecule has 0 heterocycles. The zero-order valence-corrected chi connectivity index (χ0v) is 7.91. The third-order valence-electron chi connectivity index (χ3n) is 2.21. The molecule has 0 saturated carbocycles. The van der Waals surface area contributed by atoms with Crippen molar-refractivity contribution in [3.63, 3.8) is 0 Å². The number of nitrogens with zero attached hydrogens (tertiary/aromatic N) is 1. The van der Waals surface area contributed by atoms with Crippen LogP contribution in [0.3, 0.4) is 0 Å². The highest BCUT2D eigenvalue weighted by molar-refractivity contribution is 5.39. The van der Waals surface area contributed by atoms with Crippen LogP contribution >= 0.6 is 0 Å². The molecule has 0 amide bonds. The smallest absolute Gasteiger partial charge is 0.0991 e. The van der Waals surface area contributed by atoms with Gasteiger partial charge in [-0.05, 0) is 30.2 Å². The van der Waals surface area contributed by atoms with Crippen LogP contribution in [-0.4, -0.2) is 11.7 Å². The van der Waals surface area contributed by atoms with Crippen LogP contribution in [0.5, 0.6) is 0 Å². The second kappa shape index (κ2) is 4.06. The van der Waals surface area contributed by atoms with E-state index >= 15 is 0 Å². The third kappa shape index (κ3) is 2.07. The first-order valence-electron chi connectivity index (χ1n) is 4.30. The fourth-order valence-corrected chi connectivity index (χ4v) is 1.34. The van der Waals surface area contributed by atoms with Crippen molar-refractivity contribution in [1.82, 2.24) is 0 Å². The standard InChI is InChI=1S/C11H13NO/c1-8-3-4-10(6-12)5-11(8)9(2)7-13/h3-5,9,13H,7H2,1-2H3. The lowest BCUT2D eigenvalue weighted by atomic mass is 9.95. The van der Waals surface area contributed by atoms with Crippen molar-refractivity contribution in [1.29, 1.82) is 5.26 Å². The van der Waals surface area contributed by atoms with Gasteiger partial charge < -0.3 is 5.11 Å². The SMILES string of the molecule is Cc1ccc(C#N)cc1C(C)CO. The van der Waals surface area contributed by atoms with Crippen molar-refractivity contribution in [3.05, 3.63) is 34.9 Å². The van der Waals surface area contributed by atoms with Crippen LogP contribution in [0, 0.1) is 18.3 Å². The van der Waals surface area contributed by atoms with E-state index in [0.29, 0.717) is 5.56 Å². The molecule has 0 saturated heterocycles. The summed E-state index contributed by atoms with van der Waals surface area (Å²) in [6, 6.07) is 7.65. The van der Waals surface area contributed by atoms with Gasteiger partial charge in [0.05, 0.1) is 11.6 Å². The zero-order valence-electron chi connectivity index (χ0n) is 7.91. The number of aliphatic hydroxyl groups excluding tert-OH is 1. The Hall–Kier alpha value is -1.33. The number of hydrogen-bond acceptors (Lipinski definition) is 2. The molecule has 0 radical (unpaired) electrons. The van der Waals surface area contributed by atoms with Gasteiger partial charge >= 0.3 is 0 Å².